The Balaban J connectivity index is 1.57. The number of carbonyl (C=O) groups is 2. The number of hydrogen-bond acceptors (Lipinski definition) is 6. The Kier molecular flexibility index (Phi) is 9.46. The standard InChI is InChI=1S/C24H34N6O3/c1-2-10-26-24(32)30(12-5-11-29-13-15-33-16-14-29)18-19-8-9-22(27-17-19)23(31)28-21-7-4-3-6-20(21)25/h3-4,6-9,17H,2,5,10-16,18,25H2,1H3,(H,26,32)(H,28,31). The van der Waals surface area contributed by atoms with Crippen LogP contribution in [0, 0.1) is 0 Å². The number of rotatable bonds is 10. The first-order valence-corrected chi connectivity index (χ1v) is 11.5. The van der Waals surface area contributed by atoms with Crippen LogP contribution in [0.25, 0.3) is 0 Å². The molecule has 0 unspecified atom stereocenters. The van der Waals surface area contributed by atoms with Crippen LogP contribution in [0.3, 0.4) is 0 Å². The summed E-state index contributed by atoms with van der Waals surface area (Å²) < 4.78 is 5.40. The molecule has 1 saturated heterocycles. The third-order valence-corrected chi connectivity index (χ3v) is 5.46. The Morgan fingerprint density at radius 3 is 2.67 bits per heavy atom. The molecule has 3 amide bonds. The number of para-hydroxylation sites is 2. The minimum absolute atomic E-state index is 0.0831. The average Bonchev–Trinajstić information content (AvgIpc) is 2.84. The van der Waals surface area contributed by atoms with E-state index in [2.05, 4.69) is 20.5 Å². The topological polar surface area (TPSA) is 113 Å². The fourth-order valence-electron chi connectivity index (χ4n) is 3.58. The minimum Gasteiger partial charge on any atom is -0.397 e. The van der Waals surface area contributed by atoms with Crippen molar-refractivity contribution in [2.45, 2.75) is 26.3 Å². The zero-order valence-electron chi connectivity index (χ0n) is 19.3. The number of amides is 3. The normalized spacial score (nSPS) is 14.0. The number of nitrogens with one attached hydrogen (secondary N) is 2. The van der Waals surface area contributed by atoms with Gasteiger partial charge in [0.25, 0.3) is 5.91 Å². The van der Waals surface area contributed by atoms with Crippen LogP contribution in [-0.2, 0) is 11.3 Å². The van der Waals surface area contributed by atoms with Crippen molar-refractivity contribution in [3.8, 4) is 0 Å². The molecule has 3 rings (SSSR count). The van der Waals surface area contributed by atoms with Crippen LogP contribution in [0.4, 0.5) is 16.2 Å². The summed E-state index contributed by atoms with van der Waals surface area (Å²) in [7, 11) is 0. The molecule has 1 aliphatic rings. The third-order valence-electron chi connectivity index (χ3n) is 5.46. The van der Waals surface area contributed by atoms with Gasteiger partial charge in [0.15, 0.2) is 0 Å². The average molecular weight is 455 g/mol. The monoisotopic (exact) mass is 454 g/mol. The SMILES string of the molecule is CCCNC(=O)N(CCCN1CCOCC1)Cc1ccc(C(=O)Nc2ccccc2N)nc1. The number of nitrogens with two attached hydrogens (primary N) is 1. The smallest absolute Gasteiger partial charge is 0.317 e. The van der Waals surface area contributed by atoms with Crippen molar-refractivity contribution in [2.24, 2.45) is 0 Å². The van der Waals surface area contributed by atoms with Gasteiger partial charge in [-0.15, -0.1) is 0 Å². The van der Waals surface area contributed by atoms with Gasteiger partial charge < -0.3 is 26.0 Å². The third kappa shape index (κ3) is 7.73. The number of benzene rings is 1. The van der Waals surface area contributed by atoms with Crippen LogP contribution in [-0.4, -0.2) is 72.7 Å². The lowest BCUT2D eigenvalue weighted by molar-refractivity contribution is 0.0364. The number of hydrogen-bond donors (Lipinski definition) is 3. The lowest BCUT2D eigenvalue weighted by Crippen LogP contribution is -2.42. The summed E-state index contributed by atoms with van der Waals surface area (Å²) >= 11 is 0. The van der Waals surface area contributed by atoms with Gasteiger partial charge in [-0.3, -0.25) is 14.7 Å². The van der Waals surface area contributed by atoms with Gasteiger partial charge >= 0.3 is 6.03 Å². The molecule has 1 aromatic carbocycles. The van der Waals surface area contributed by atoms with Gasteiger partial charge in [-0.1, -0.05) is 25.1 Å². The predicted octanol–water partition coefficient (Wildman–Crippen LogP) is 2.56. The zero-order valence-corrected chi connectivity index (χ0v) is 19.3. The molecule has 0 atom stereocenters. The maximum absolute atomic E-state index is 12.7. The summed E-state index contributed by atoms with van der Waals surface area (Å²) in [5, 5.41) is 5.73. The van der Waals surface area contributed by atoms with Gasteiger partial charge in [0, 0.05) is 45.5 Å². The van der Waals surface area contributed by atoms with Crippen molar-refractivity contribution in [1.29, 1.82) is 0 Å². The zero-order chi connectivity index (χ0) is 23.5. The number of urea groups is 1. The minimum atomic E-state index is -0.331. The van der Waals surface area contributed by atoms with Crippen molar-refractivity contribution in [2.75, 3.05) is 57.0 Å². The molecule has 0 saturated carbocycles. The number of ether oxygens (including phenoxy) is 1. The van der Waals surface area contributed by atoms with Crippen LogP contribution in [0.5, 0.6) is 0 Å². The second-order valence-corrected chi connectivity index (χ2v) is 8.05. The lowest BCUT2D eigenvalue weighted by Gasteiger charge is -2.28. The Morgan fingerprint density at radius 1 is 1.18 bits per heavy atom. The number of nitrogens with zero attached hydrogens (tertiary/aromatic N) is 3. The summed E-state index contributed by atoms with van der Waals surface area (Å²) in [6.45, 7) is 8.07. The van der Waals surface area contributed by atoms with Crippen molar-refractivity contribution >= 4 is 23.3 Å². The number of pyridine rings is 1. The molecule has 2 aromatic rings. The number of carbonyl (C=O) groups excluding carboxylic acids is 2. The van der Waals surface area contributed by atoms with E-state index in [1.54, 1.807) is 41.4 Å². The van der Waals surface area contributed by atoms with E-state index in [9.17, 15) is 9.59 Å². The van der Waals surface area contributed by atoms with E-state index in [1.807, 2.05) is 13.0 Å². The molecule has 1 aromatic heterocycles. The largest absolute Gasteiger partial charge is 0.397 e. The molecule has 9 nitrogen and oxygen atoms in total. The summed E-state index contributed by atoms with van der Waals surface area (Å²) in [6.07, 6.45) is 3.40. The van der Waals surface area contributed by atoms with Gasteiger partial charge in [-0.05, 0) is 36.6 Å². The van der Waals surface area contributed by atoms with Crippen LogP contribution < -0.4 is 16.4 Å². The van der Waals surface area contributed by atoms with Crippen molar-refractivity contribution in [1.82, 2.24) is 20.1 Å². The Hall–Kier alpha value is -3.17. The fourth-order valence-corrected chi connectivity index (χ4v) is 3.58. The summed E-state index contributed by atoms with van der Waals surface area (Å²) in [5.74, 6) is -0.331. The number of morpholine rings is 1. The van der Waals surface area contributed by atoms with Crippen molar-refractivity contribution in [3.63, 3.8) is 0 Å². The van der Waals surface area contributed by atoms with E-state index in [0.717, 1.165) is 51.3 Å². The van der Waals surface area contributed by atoms with E-state index in [-0.39, 0.29) is 17.6 Å². The van der Waals surface area contributed by atoms with Crippen molar-refractivity contribution in [3.05, 3.63) is 53.9 Å². The molecule has 2 heterocycles. The first kappa shape index (κ1) is 24.5. The van der Waals surface area contributed by atoms with E-state index in [0.29, 0.717) is 31.0 Å². The molecule has 0 radical (unpaired) electrons. The first-order valence-electron chi connectivity index (χ1n) is 11.5. The second kappa shape index (κ2) is 12.8. The lowest BCUT2D eigenvalue weighted by atomic mass is 10.2. The molecule has 9 heteroatoms. The highest BCUT2D eigenvalue weighted by Gasteiger charge is 2.16. The molecule has 0 spiro atoms. The fraction of sp³-hybridized carbons (Fsp3) is 0.458. The summed E-state index contributed by atoms with van der Waals surface area (Å²) in [5.41, 5.74) is 8.08. The molecule has 4 N–H and O–H groups in total. The van der Waals surface area contributed by atoms with E-state index in [4.69, 9.17) is 10.5 Å². The Labute approximate surface area is 195 Å². The van der Waals surface area contributed by atoms with E-state index >= 15 is 0 Å². The summed E-state index contributed by atoms with van der Waals surface area (Å²) in [4.78, 5) is 33.6. The van der Waals surface area contributed by atoms with Gasteiger partial charge in [-0.2, -0.15) is 0 Å². The van der Waals surface area contributed by atoms with Crippen LogP contribution in [0.15, 0.2) is 42.6 Å². The Bertz CT molecular complexity index is 899. The molecule has 0 bridgehead atoms. The number of aromatic nitrogens is 1. The maximum Gasteiger partial charge on any atom is 0.317 e. The number of nitrogen functional groups attached to an aromatic ring is 1. The van der Waals surface area contributed by atoms with Crippen molar-refractivity contribution < 1.29 is 14.3 Å². The highest BCUT2D eigenvalue weighted by Crippen LogP contribution is 2.17. The quantitative estimate of drug-likeness (QED) is 0.476. The first-order chi connectivity index (χ1) is 16.1. The highest BCUT2D eigenvalue weighted by atomic mass is 16.5. The van der Waals surface area contributed by atoms with Gasteiger partial charge in [-0.25, -0.2) is 4.79 Å². The maximum atomic E-state index is 12.7. The van der Waals surface area contributed by atoms with Gasteiger partial charge in [0.05, 0.1) is 24.6 Å². The Morgan fingerprint density at radius 2 is 1.97 bits per heavy atom. The molecule has 1 aliphatic heterocycles. The molecular formula is C24H34N6O3. The molecular weight excluding hydrogens is 420 g/mol. The predicted molar refractivity (Wildman–Crippen MR) is 129 cm³/mol. The van der Waals surface area contributed by atoms with Crippen LogP contribution in [0.2, 0.25) is 0 Å². The van der Waals surface area contributed by atoms with Gasteiger partial charge in [0.2, 0.25) is 0 Å². The van der Waals surface area contributed by atoms with E-state index < -0.39 is 0 Å². The molecule has 0 aliphatic carbocycles. The second-order valence-electron chi connectivity index (χ2n) is 8.05. The molecule has 1 fully saturated rings. The molecule has 33 heavy (non-hydrogen) atoms. The summed E-state index contributed by atoms with van der Waals surface area (Å²) in [6, 6.07) is 10.5. The molecule has 178 valence electrons. The van der Waals surface area contributed by atoms with Crippen LogP contribution in [0.1, 0.15) is 35.8 Å². The highest BCUT2D eigenvalue weighted by molar-refractivity contribution is 6.04. The number of anilines is 2. The van der Waals surface area contributed by atoms with E-state index in [1.165, 1.54) is 0 Å². The van der Waals surface area contributed by atoms with Crippen LogP contribution >= 0.6 is 0 Å². The van der Waals surface area contributed by atoms with Gasteiger partial charge in [0.1, 0.15) is 5.69 Å².